The predicted molar refractivity (Wildman–Crippen MR) is 130 cm³/mol. The molecule has 0 spiro atoms. The van der Waals surface area contributed by atoms with E-state index in [4.69, 9.17) is 58.0 Å². The molecule has 0 bridgehead atoms. The van der Waals surface area contributed by atoms with Gasteiger partial charge in [-0.05, 0) is 60.2 Å². The monoisotopic (exact) mass is 543 g/mol. The summed E-state index contributed by atoms with van der Waals surface area (Å²) in [4.78, 5) is 25.5. The van der Waals surface area contributed by atoms with E-state index < -0.39 is 33.8 Å². The highest BCUT2D eigenvalue weighted by Gasteiger charge is 2.67. The average molecular weight is 546 g/mol. The van der Waals surface area contributed by atoms with Gasteiger partial charge in [0, 0.05) is 33.4 Å². The van der Waals surface area contributed by atoms with Gasteiger partial charge in [0.15, 0.2) is 0 Å². The quantitative estimate of drug-likeness (QED) is 0.329. The number of nitrogens with one attached hydrogen (secondary N) is 2. The van der Waals surface area contributed by atoms with Gasteiger partial charge < -0.3 is 10.6 Å². The Morgan fingerprint density at radius 3 is 2.21 bits per heavy atom. The van der Waals surface area contributed by atoms with E-state index in [1.54, 1.807) is 24.3 Å². The Morgan fingerprint density at radius 2 is 1.58 bits per heavy atom. The van der Waals surface area contributed by atoms with Crippen molar-refractivity contribution in [3.05, 3.63) is 92.7 Å². The highest BCUT2D eigenvalue weighted by atomic mass is 35.5. The molecule has 10 heteroatoms. The third-order valence-corrected chi connectivity index (χ3v) is 6.80. The molecule has 1 aliphatic carbocycles. The van der Waals surface area contributed by atoms with E-state index in [9.17, 15) is 14.0 Å². The summed E-state index contributed by atoms with van der Waals surface area (Å²) >= 11 is 31.0. The van der Waals surface area contributed by atoms with E-state index in [0.717, 1.165) is 6.07 Å². The number of carbonyl (C=O) groups excluding carboxylic acids is 2. The molecule has 4 nitrogen and oxygen atoms in total. The summed E-state index contributed by atoms with van der Waals surface area (Å²) in [7, 11) is 0. The van der Waals surface area contributed by atoms with E-state index in [1.165, 1.54) is 24.3 Å². The maximum atomic E-state index is 13.0. The number of halogens is 6. The maximum Gasteiger partial charge on any atom is 0.257 e. The van der Waals surface area contributed by atoms with Crippen LogP contribution in [0, 0.1) is 17.8 Å². The summed E-state index contributed by atoms with van der Waals surface area (Å²) in [5.41, 5.74) is 1.40. The molecular weight excluding hydrogens is 533 g/mol. The SMILES string of the molecule is O=C(Nc1c[c]c(F)cc1)c1cc(NC(=O)[C@@H]2[C@@H](c3cc(Cl)cc(Cl)c3)C2(Cl)Cl)ccc1Cl. The second kappa shape index (κ2) is 9.32. The molecule has 2 N–H and O–H groups in total. The minimum atomic E-state index is -1.34. The summed E-state index contributed by atoms with van der Waals surface area (Å²) in [5.74, 6) is -2.82. The third kappa shape index (κ3) is 5.23. The molecule has 0 aromatic heterocycles. The van der Waals surface area contributed by atoms with Gasteiger partial charge in [-0.3, -0.25) is 9.59 Å². The van der Waals surface area contributed by atoms with Crippen LogP contribution in [0.1, 0.15) is 21.8 Å². The van der Waals surface area contributed by atoms with Crippen LogP contribution in [0.3, 0.4) is 0 Å². The molecule has 0 aliphatic heterocycles. The van der Waals surface area contributed by atoms with Crippen molar-refractivity contribution in [2.45, 2.75) is 10.3 Å². The second-order valence-corrected chi connectivity index (χ2v) is 10.1. The first-order valence-corrected chi connectivity index (χ1v) is 11.4. The van der Waals surface area contributed by atoms with Crippen molar-refractivity contribution >= 4 is 81.2 Å². The predicted octanol–water partition coefficient (Wildman–Crippen LogP) is 7.36. The third-order valence-electron chi connectivity index (χ3n) is 5.09. The molecule has 1 fully saturated rings. The zero-order valence-corrected chi connectivity index (χ0v) is 20.2. The Kier molecular flexibility index (Phi) is 6.81. The van der Waals surface area contributed by atoms with Gasteiger partial charge in [-0.1, -0.05) is 34.8 Å². The van der Waals surface area contributed by atoms with Gasteiger partial charge in [0.1, 0.15) is 10.2 Å². The van der Waals surface area contributed by atoms with Gasteiger partial charge >= 0.3 is 0 Å². The number of amides is 2. The van der Waals surface area contributed by atoms with E-state index in [1.807, 2.05) is 0 Å². The number of hydrogen-bond acceptors (Lipinski definition) is 2. The van der Waals surface area contributed by atoms with Crippen molar-refractivity contribution in [2.24, 2.45) is 5.92 Å². The number of rotatable bonds is 5. The summed E-state index contributed by atoms with van der Waals surface area (Å²) in [6.07, 6.45) is 0. The van der Waals surface area contributed by atoms with Crippen molar-refractivity contribution in [3.63, 3.8) is 0 Å². The molecule has 0 saturated heterocycles. The number of benzene rings is 3. The molecule has 0 unspecified atom stereocenters. The average Bonchev–Trinajstić information content (AvgIpc) is 3.32. The molecule has 3 aromatic rings. The molecule has 1 radical (unpaired) electrons. The lowest BCUT2D eigenvalue weighted by atomic mass is 10.1. The molecule has 2 amide bonds. The number of hydrogen-bond donors (Lipinski definition) is 2. The molecule has 1 aliphatic rings. The van der Waals surface area contributed by atoms with Crippen molar-refractivity contribution < 1.29 is 14.0 Å². The number of carbonyl (C=O) groups is 2. The summed E-state index contributed by atoms with van der Waals surface area (Å²) < 4.78 is 11.7. The molecule has 3 aromatic carbocycles. The Labute approximate surface area is 213 Å². The van der Waals surface area contributed by atoms with Crippen molar-refractivity contribution in [1.82, 2.24) is 0 Å². The van der Waals surface area contributed by atoms with Crippen molar-refractivity contribution in [3.8, 4) is 0 Å². The van der Waals surface area contributed by atoms with Crippen LogP contribution in [-0.2, 0) is 4.79 Å². The number of alkyl halides is 2. The zero-order valence-electron chi connectivity index (χ0n) is 16.4. The van der Waals surface area contributed by atoms with Crippen LogP contribution >= 0.6 is 58.0 Å². The molecule has 169 valence electrons. The van der Waals surface area contributed by atoms with Gasteiger partial charge in [-0.25, -0.2) is 4.39 Å². The lowest BCUT2D eigenvalue weighted by molar-refractivity contribution is -0.117. The van der Waals surface area contributed by atoms with Gasteiger partial charge in [0.05, 0.1) is 16.5 Å². The molecular formula is C23H13Cl5FN2O2. The van der Waals surface area contributed by atoms with E-state index in [-0.39, 0.29) is 10.6 Å². The fourth-order valence-corrected chi connectivity index (χ4v) is 5.08. The molecule has 2 atom stereocenters. The van der Waals surface area contributed by atoms with Crippen LogP contribution in [0.25, 0.3) is 0 Å². The summed E-state index contributed by atoms with van der Waals surface area (Å²) in [5, 5.41) is 6.28. The van der Waals surface area contributed by atoms with Crippen LogP contribution in [-0.4, -0.2) is 16.1 Å². The van der Waals surface area contributed by atoms with E-state index >= 15 is 0 Å². The van der Waals surface area contributed by atoms with Crippen LogP contribution in [0.2, 0.25) is 15.1 Å². The minimum absolute atomic E-state index is 0.107. The number of anilines is 2. The maximum absolute atomic E-state index is 13.0. The fraction of sp³-hybridized carbons (Fsp3) is 0.130. The van der Waals surface area contributed by atoms with Gasteiger partial charge in [0.2, 0.25) is 5.91 Å². The normalized spacial score (nSPS) is 18.5. The Balaban J connectivity index is 1.50. The Morgan fingerprint density at radius 1 is 0.909 bits per heavy atom. The van der Waals surface area contributed by atoms with Crippen LogP contribution in [0.15, 0.2) is 54.6 Å². The van der Waals surface area contributed by atoms with E-state index in [0.29, 0.717) is 27.0 Å². The van der Waals surface area contributed by atoms with Crippen LogP contribution in [0.5, 0.6) is 0 Å². The summed E-state index contributed by atoms with van der Waals surface area (Å²) in [6, 6.07) is 15.5. The van der Waals surface area contributed by atoms with Crippen molar-refractivity contribution in [2.75, 3.05) is 10.6 Å². The molecule has 1 saturated carbocycles. The highest BCUT2D eigenvalue weighted by molar-refractivity contribution is 6.53. The fourth-order valence-electron chi connectivity index (χ4n) is 3.50. The van der Waals surface area contributed by atoms with Gasteiger partial charge in [-0.2, -0.15) is 0 Å². The van der Waals surface area contributed by atoms with Crippen molar-refractivity contribution in [1.29, 1.82) is 0 Å². The Bertz CT molecular complexity index is 1230. The second-order valence-electron chi connectivity index (χ2n) is 7.40. The van der Waals surface area contributed by atoms with Crippen LogP contribution < -0.4 is 10.6 Å². The first-order valence-electron chi connectivity index (χ1n) is 9.49. The van der Waals surface area contributed by atoms with Gasteiger partial charge in [-0.15, -0.1) is 23.2 Å². The van der Waals surface area contributed by atoms with Crippen LogP contribution in [0.4, 0.5) is 15.8 Å². The summed E-state index contributed by atoms with van der Waals surface area (Å²) in [6.45, 7) is 0. The van der Waals surface area contributed by atoms with E-state index in [2.05, 4.69) is 16.7 Å². The highest BCUT2D eigenvalue weighted by Crippen LogP contribution is 2.65. The standard InChI is InChI=1S/C23H13Cl5FN2O2/c24-12-7-11(8-13(25)9-12)19-20(23(19,27)28)22(33)31-16-5-6-18(26)17(10-16)21(32)30-15-3-1-14(29)2-4-15/h1,3-10,19-20H,(H,30,32)(H,31,33)/t19-,20+/m1/s1. The van der Waals surface area contributed by atoms with Gasteiger partial charge in [0.25, 0.3) is 5.91 Å². The molecule has 4 rings (SSSR count). The molecule has 33 heavy (non-hydrogen) atoms. The Hall–Kier alpha value is -2.02. The first-order chi connectivity index (χ1) is 15.6. The lowest BCUT2D eigenvalue weighted by Crippen LogP contribution is -2.18. The minimum Gasteiger partial charge on any atom is -0.326 e. The smallest absolute Gasteiger partial charge is 0.257 e. The topological polar surface area (TPSA) is 58.2 Å². The molecule has 0 heterocycles. The first kappa shape index (κ1) is 24.1. The lowest BCUT2D eigenvalue weighted by Gasteiger charge is -2.10. The largest absolute Gasteiger partial charge is 0.326 e. The zero-order chi connectivity index (χ0) is 23.9.